The molecule has 0 radical (unpaired) electrons. The van der Waals surface area contributed by atoms with Crippen LogP contribution in [0.3, 0.4) is 0 Å². The molecule has 3 aliphatic heterocycles. The fourth-order valence-electron chi connectivity index (χ4n) is 5.00. The zero-order valence-electron chi connectivity index (χ0n) is 23.5. The van der Waals surface area contributed by atoms with Crippen molar-refractivity contribution in [1.29, 1.82) is 0 Å². The van der Waals surface area contributed by atoms with Crippen molar-refractivity contribution in [1.82, 2.24) is 4.90 Å². The molecule has 0 spiro atoms. The van der Waals surface area contributed by atoms with Gasteiger partial charge in [0.2, 0.25) is 0 Å². The molecule has 0 aliphatic carbocycles. The van der Waals surface area contributed by atoms with Gasteiger partial charge in [-0.15, -0.1) is 0 Å². The van der Waals surface area contributed by atoms with Gasteiger partial charge >= 0.3 is 26.7 Å². The Morgan fingerprint density at radius 1 is 0.639 bits per heavy atom. The first kappa shape index (κ1) is 32.4. The topological polar surface area (TPSA) is 95.5 Å². The molecule has 3 heterocycles. The quantitative estimate of drug-likeness (QED) is 0.190. The van der Waals surface area contributed by atoms with E-state index in [1.165, 1.54) is 0 Å². The van der Waals surface area contributed by atoms with Gasteiger partial charge in [-0.2, -0.15) is 0 Å². The average molecular weight is 572 g/mol. The Morgan fingerprint density at radius 3 is 1.42 bits per heavy atom. The molecule has 3 aliphatic rings. The predicted octanol–water partition coefficient (Wildman–Crippen LogP) is 2.67. The monoisotopic (exact) mass is 571 g/mol. The van der Waals surface area contributed by atoms with Crippen LogP contribution in [-0.2, 0) is 44.3 Å². The van der Waals surface area contributed by atoms with Crippen LogP contribution in [0.25, 0.3) is 0 Å². The molecule has 2 bridgehead atoms. The Balaban J connectivity index is 1.95. The maximum absolute atomic E-state index is 6.52. The van der Waals surface area contributed by atoms with Gasteiger partial charge in [0.1, 0.15) is 0 Å². The van der Waals surface area contributed by atoms with Gasteiger partial charge in [-0.1, -0.05) is 12.8 Å². The molecule has 0 saturated carbocycles. The van der Waals surface area contributed by atoms with Crippen LogP contribution in [-0.4, -0.2) is 119 Å². The van der Waals surface area contributed by atoms with E-state index in [9.17, 15) is 0 Å². The summed E-state index contributed by atoms with van der Waals surface area (Å²) in [7, 11) is 3.14. The summed E-state index contributed by atoms with van der Waals surface area (Å²) in [6.45, 7) is 4.55. The zero-order chi connectivity index (χ0) is 26.7. The molecule has 3 atom stereocenters. The molecule has 0 amide bonds. The standard InChI is InChI=1S/C22H49NO10Si3/c1-20-17-23-18-21(13-9-11-15-34(24-2,25-3)26-4)32-36(30-8,31-20)33-22(19-23)14-10-12-16-35(27-5,28-6)29-7/h20-22H,9-19H2,1-8H3. The third kappa shape index (κ3) is 9.15. The van der Waals surface area contributed by atoms with Crippen LogP contribution in [0.2, 0.25) is 12.1 Å². The SMILES string of the molecule is CO[Si](CCCCC1CN2CC(C)O[Si](OC)(O1)OC(CCCC[Si](OC)(OC)OC)C2)(OC)OC. The highest BCUT2D eigenvalue weighted by Crippen LogP contribution is 2.29. The number of fused-ring (bicyclic) bond motifs is 6. The van der Waals surface area contributed by atoms with Gasteiger partial charge in [0.25, 0.3) is 0 Å². The van der Waals surface area contributed by atoms with Gasteiger partial charge in [-0.05, 0) is 32.6 Å². The van der Waals surface area contributed by atoms with Crippen molar-refractivity contribution in [3.63, 3.8) is 0 Å². The summed E-state index contributed by atoms with van der Waals surface area (Å²) in [5, 5.41) is 0. The van der Waals surface area contributed by atoms with Crippen LogP contribution in [0, 0.1) is 0 Å². The van der Waals surface area contributed by atoms with Crippen molar-refractivity contribution < 1.29 is 44.3 Å². The number of hydrogen-bond acceptors (Lipinski definition) is 11. The molecule has 14 heteroatoms. The van der Waals surface area contributed by atoms with Gasteiger partial charge in [0.05, 0.1) is 18.3 Å². The Kier molecular flexibility index (Phi) is 14.2. The lowest BCUT2D eigenvalue weighted by molar-refractivity contribution is -0.133. The van der Waals surface area contributed by atoms with Crippen molar-refractivity contribution in [2.45, 2.75) is 75.8 Å². The Bertz CT molecular complexity index is 558. The molecule has 3 saturated heterocycles. The van der Waals surface area contributed by atoms with E-state index in [1.54, 1.807) is 49.8 Å². The van der Waals surface area contributed by atoms with E-state index in [0.717, 1.165) is 70.2 Å². The molecule has 0 N–H and O–H groups in total. The van der Waals surface area contributed by atoms with Crippen LogP contribution >= 0.6 is 0 Å². The van der Waals surface area contributed by atoms with Crippen molar-refractivity contribution in [3.05, 3.63) is 0 Å². The number of unbranched alkanes of at least 4 members (excludes halogenated alkanes) is 2. The zero-order valence-corrected chi connectivity index (χ0v) is 26.5. The van der Waals surface area contributed by atoms with Crippen molar-refractivity contribution >= 4 is 26.7 Å². The van der Waals surface area contributed by atoms with Crippen molar-refractivity contribution in [2.24, 2.45) is 0 Å². The second kappa shape index (κ2) is 15.7. The third-order valence-electron chi connectivity index (χ3n) is 7.04. The maximum atomic E-state index is 6.52. The van der Waals surface area contributed by atoms with Gasteiger partial charge in [0, 0.05) is 81.5 Å². The minimum Gasteiger partial charge on any atom is -0.377 e. The summed E-state index contributed by atoms with van der Waals surface area (Å²) in [6.07, 6.45) is 5.46. The summed E-state index contributed by atoms with van der Waals surface area (Å²) < 4.78 is 58.5. The highest BCUT2D eigenvalue weighted by atomic mass is 28.4. The van der Waals surface area contributed by atoms with E-state index < -0.39 is 26.7 Å². The first-order valence-electron chi connectivity index (χ1n) is 12.9. The third-order valence-corrected chi connectivity index (χ3v) is 15.1. The van der Waals surface area contributed by atoms with E-state index in [4.69, 9.17) is 44.3 Å². The van der Waals surface area contributed by atoms with E-state index in [0.29, 0.717) is 0 Å². The van der Waals surface area contributed by atoms with Gasteiger partial charge < -0.3 is 44.3 Å². The Labute approximate surface area is 221 Å². The first-order valence-corrected chi connectivity index (χ1v) is 18.4. The predicted molar refractivity (Wildman–Crippen MR) is 140 cm³/mol. The van der Waals surface area contributed by atoms with E-state index in [1.807, 2.05) is 0 Å². The molecule has 3 fully saturated rings. The fourth-order valence-corrected chi connectivity index (χ4v) is 10.8. The molecule has 3 rings (SSSR count). The molecular formula is C22H49NO10Si3. The van der Waals surface area contributed by atoms with Crippen LogP contribution < -0.4 is 0 Å². The molecule has 11 nitrogen and oxygen atoms in total. The summed E-state index contributed by atoms with van der Waals surface area (Å²) in [6, 6.07) is 1.54. The summed E-state index contributed by atoms with van der Waals surface area (Å²) in [4.78, 5) is 2.41. The highest BCUT2D eigenvalue weighted by molar-refractivity contribution is 6.60. The molecular weight excluding hydrogens is 522 g/mol. The second-order valence-corrected chi connectivity index (χ2v) is 17.7. The molecule has 0 aromatic rings. The summed E-state index contributed by atoms with van der Waals surface area (Å²) in [5.74, 6) is 0. The van der Waals surface area contributed by atoms with E-state index in [-0.39, 0.29) is 18.3 Å². The van der Waals surface area contributed by atoms with Crippen LogP contribution in [0.4, 0.5) is 0 Å². The smallest absolute Gasteiger partial charge is 0.377 e. The molecule has 214 valence electrons. The van der Waals surface area contributed by atoms with E-state index in [2.05, 4.69) is 11.8 Å². The lowest BCUT2D eigenvalue weighted by Gasteiger charge is -2.45. The van der Waals surface area contributed by atoms with Gasteiger partial charge in [-0.25, -0.2) is 0 Å². The van der Waals surface area contributed by atoms with Gasteiger partial charge in [0.15, 0.2) is 0 Å². The molecule has 3 unspecified atom stereocenters. The largest absolute Gasteiger partial charge is 0.680 e. The molecule has 0 aromatic carbocycles. The number of rotatable bonds is 17. The Hall–Kier alpha value is 0.211. The minimum atomic E-state index is -3.28. The molecule has 36 heavy (non-hydrogen) atoms. The van der Waals surface area contributed by atoms with Crippen LogP contribution in [0.5, 0.6) is 0 Å². The van der Waals surface area contributed by atoms with E-state index >= 15 is 0 Å². The second-order valence-electron chi connectivity index (χ2n) is 9.41. The average Bonchev–Trinajstić information content (AvgIpc) is 2.87. The van der Waals surface area contributed by atoms with Crippen molar-refractivity contribution in [2.75, 3.05) is 69.4 Å². The van der Waals surface area contributed by atoms with Crippen molar-refractivity contribution in [3.8, 4) is 0 Å². The molecule has 0 aromatic heterocycles. The highest BCUT2D eigenvalue weighted by Gasteiger charge is 2.53. The fraction of sp³-hybridized carbons (Fsp3) is 1.00. The maximum Gasteiger partial charge on any atom is 0.680 e. The minimum absolute atomic E-state index is 0.0213. The Morgan fingerprint density at radius 2 is 1.06 bits per heavy atom. The normalized spacial score (nSPS) is 29.7. The van der Waals surface area contributed by atoms with Crippen LogP contribution in [0.15, 0.2) is 0 Å². The van der Waals surface area contributed by atoms with Gasteiger partial charge in [-0.3, -0.25) is 4.90 Å². The summed E-state index contributed by atoms with van der Waals surface area (Å²) in [5.41, 5.74) is 0. The summed E-state index contributed by atoms with van der Waals surface area (Å²) >= 11 is 0. The first-order chi connectivity index (χ1) is 17.3. The number of nitrogens with zero attached hydrogens (tertiary/aromatic N) is 1. The van der Waals surface area contributed by atoms with Crippen LogP contribution in [0.1, 0.15) is 45.4 Å². The number of hydrogen-bond donors (Lipinski definition) is 0. The lowest BCUT2D eigenvalue weighted by Crippen LogP contribution is -2.63. The lowest BCUT2D eigenvalue weighted by atomic mass is 10.1.